The Bertz CT molecular complexity index is 1590. The minimum Gasteiger partial charge on any atom is -0.493 e. The molecule has 0 aromatic heterocycles. The minimum absolute atomic E-state index is 0.0374. The number of carboxylic acids is 1. The van der Waals surface area contributed by atoms with Crippen LogP contribution in [0.1, 0.15) is 24.0 Å². The van der Waals surface area contributed by atoms with Crippen molar-refractivity contribution in [1.82, 2.24) is 9.62 Å². The van der Waals surface area contributed by atoms with Crippen molar-refractivity contribution in [3.63, 3.8) is 0 Å². The van der Waals surface area contributed by atoms with Gasteiger partial charge in [0.05, 0.1) is 19.1 Å². The summed E-state index contributed by atoms with van der Waals surface area (Å²) in [6, 6.07) is 12.8. The van der Waals surface area contributed by atoms with E-state index in [0.29, 0.717) is 16.9 Å². The number of nitrogens with zero attached hydrogens (tertiary/aromatic N) is 2. The molecular weight excluding hydrogens is 550 g/mol. The van der Waals surface area contributed by atoms with Gasteiger partial charge in [0.25, 0.3) is 0 Å². The maximum Gasteiger partial charge on any atom is 0.326 e. The van der Waals surface area contributed by atoms with E-state index in [2.05, 4.69) is 9.71 Å². The second-order valence-corrected chi connectivity index (χ2v) is 11.3. The molecule has 13 heteroatoms. The number of ether oxygens (including phenoxy) is 2. The zero-order valence-corrected chi connectivity index (χ0v) is 23.6. The molecule has 12 nitrogen and oxygen atoms in total. The molecule has 0 radical (unpaired) electrons. The van der Waals surface area contributed by atoms with Crippen LogP contribution in [0, 0.1) is 0 Å². The van der Waals surface area contributed by atoms with Crippen LogP contribution in [0.3, 0.4) is 0 Å². The first-order valence-corrected chi connectivity index (χ1v) is 14.4. The Hall–Kier alpha value is -4.36. The fraction of sp³-hybridized carbons (Fsp3) is 0.321. The predicted octanol–water partition coefficient (Wildman–Crippen LogP) is 1.60. The molecule has 3 aromatic carbocycles. The number of rotatable bonds is 11. The molecular formula is C28H33N5O7S. The molecule has 1 aliphatic rings. The third-order valence-electron chi connectivity index (χ3n) is 6.98. The quantitative estimate of drug-likeness (QED) is 0.148. The van der Waals surface area contributed by atoms with Gasteiger partial charge in [0.15, 0.2) is 17.5 Å². The summed E-state index contributed by atoms with van der Waals surface area (Å²) < 4.78 is 40.3. The summed E-state index contributed by atoms with van der Waals surface area (Å²) in [5.74, 6) is -1.02. The van der Waals surface area contributed by atoms with Gasteiger partial charge in [0.2, 0.25) is 15.9 Å². The zero-order valence-electron chi connectivity index (χ0n) is 22.7. The van der Waals surface area contributed by atoms with E-state index in [9.17, 15) is 23.1 Å². The van der Waals surface area contributed by atoms with E-state index in [1.54, 1.807) is 18.2 Å². The number of guanidine groups is 1. The number of amides is 1. The zero-order chi connectivity index (χ0) is 29.7. The molecule has 41 heavy (non-hydrogen) atoms. The molecule has 3 aromatic rings. The lowest BCUT2D eigenvalue weighted by Gasteiger charge is -2.36. The number of hydrogen-bond acceptors (Lipinski definition) is 7. The monoisotopic (exact) mass is 583 g/mol. The van der Waals surface area contributed by atoms with E-state index < -0.39 is 34.0 Å². The molecule has 1 aliphatic heterocycles. The molecule has 0 saturated carbocycles. The topological polar surface area (TPSA) is 187 Å². The molecule has 4 rings (SSSR count). The highest BCUT2D eigenvalue weighted by molar-refractivity contribution is 7.89. The average molecular weight is 584 g/mol. The predicted molar refractivity (Wildman–Crippen MR) is 153 cm³/mol. The Morgan fingerprint density at radius 3 is 2.34 bits per heavy atom. The summed E-state index contributed by atoms with van der Waals surface area (Å²) in [7, 11) is -1.24. The van der Waals surface area contributed by atoms with Crippen LogP contribution in [0.2, 0.25) is 0 Å². The van der Waals surface area contributed by atoms with E-state index in [1.165, 1.54) is 31.3 Å². The number of carboxylic acid groups (broad SMARTS) is 1. The van der Waals surface area contributed by atoms with Crippen molar-refractivity contribution in [3.05, 3.63) is 65.7 Å². The lowest BCUT2D eigenvalue weighted by molar-refractivity contribution is -0.152. The number of hydrogen-bond donors (Lipinski definition) is 4. The van der Waals surface area contributed by atoms with E-state index >= 15 is 0 Å². The summed E-state index contributed by atoms with van der Waals surface area (Å²) in [5.41, 5.74) is 12.4. The van der Waals surface area contributed by atoms with Crippen molar-refractivity contribution in [2.45, 2.75) is 42.8 Å². The normalized spacial score (nSPS) is 15.6. The van der Waals surface area contributed by atoms with Crippen molar-refractivity contribution in [2.75, 3.05) is 20.8 Å². The number of aliphatic carboxylic acids is 1. The highest BCUT2D eigenvalue weighted by Crippen LogP contribution is 2.33. The number of nitrogens with two attached hydrogens (primary N) is 2. The maximum absolute atomic E-state index is 13.8. The summed E-state index contributed by atoms with van der Waals surface area (Å²) in [6.45, 7) is 0.201. The molecule has 0 fully saturated rings. The molecule has 6 N–H and O–H groups in total. The largest absolute Gasteiger partial charge is 0.493 e. The first-order chi connectivity index (χ1) is 19.5. The molecule has 0 aliphatic carbocycles. The summed E-state index contributed by atoms with van der Waals surface area (Å²) in [5, 5.41) is 11.2. The number of carbonyl (C=O) groups excluding carboxylic acids is 1. The first kappa shape index (κ1) is 29.6. The molecule has 1 amide bonds. The number of benzene rings is 3. The Kier molecular flexibility index (Phi) is 8.98. The van der Waals surface area contributed by atoms with Crippen molar-refractivity contribution in [3.8, 4) is 11.5 Å². The van der Waals surface area contributed by atoms with Gasteiger partial charge in [-0.1, -0.05) is 30.3 Å². The molecule has 218 valence electrons. The number of fused-ring (bicyclic) bond motifs is 2. The molecule has 0 bridgehead atoms. The molecule has 1 heterocycles. The van der Waals surface area contributed by atoms with Gasteiger partial charge in [0, 0.05) is 19.5 Å². The number of sulfonamides is 1. The molecule has 2 unspecified atom stereocenters. The van der Waals surface area contributed by atoms with E-state index in [0.717, 1.165) is 16.5 Å². The average Bonchev–Trinajstić information content (AvgIpc) is 2.96. The van der Waals surface area contributed by atoms with Crippen LogP contribution in [0.4, 0.5) is 0 Å². The van der Waals surface area contributed by atoms with Gasteiger partial charge in [-0.3, -0.25) is 9.79 Å². The lowest BCUT2D eigenvalue weighted by Crippen LogP contribution is -2.55. The summed E-state index contributed by atoms with van der Waals surface area (Å²) in [4.78, 5) is 31.1. The standard InChI is InChI=1S/C28H33N5O7S/c1-39-24-14-18-9-10-21(12-20(18)15-25(24)40-2)41(37,38)32-22(8-5-11-31-28(29)30)26(34)33-16-19-7-4-3-6-17(19)13-23(33)27(35)36/h3-4,6-7,9-10,12,14-15,22-23,32H,5,8,11,13,16H2,1-2H3,(H,35,36)(H4,29,30,31). The Morgan fingerprint density at radius 2 is 1.71 bits per heavy atom. The van der Waals surface area contributed by atoms with Crippen molar-refractivity contribution in [2.24, 2.45) is 16.5 Å². The van der Waals surface area contributed by atoms with E-state index in [4.69, 9.17) is 20.9 Å². The fourth-order valence-corrected chi connectivity index (χ4v) is 6.15. The van der Waals surface area contributed by atoms with Crippen LogP contribution in [0.15, 0.2) is 64.5 Å². The first-order valence-electron chi connectivity index (χ1n) is 12.9. The Balaban J connectivity index is 1.66. The van der Waals surface area contributed by atoms with Crippen molar-refractivity contribution in [1.29, 1.82) is 0 Å². The number of carbonyl (C=O) groups is 2. The summed E-state index contributed by atoms with van der Waals surface area (Å²) >= 11 is 0. The van der Waals surface area contributed by atoms with Crippen LogP contribution in [-0.2, 0) is 32.6 Å². The van der Waals surface area contributed by atoms with Gasteiger partial charge < -0.3 is 30.9 Å². The van der Waals surface area contributed by atoms with Gasteiger partial charge in [-0.2, -0.15) is 4.72 Å². The molecule has 2 atom stereocenters. The number of aliphatic imine (C=N–C) groups is 1. The third kappa shape index (κ3) is 6.69. The van der Waals surface area contributed by atoms with Gasteiger partial charge in [-0.25, -0.2) is 13.2 Å². The molecule has 0 spiro atoms. The summed E-state index contributed by atoms with van der Waals surface area (Å²) in [6.07, 6.45) is 0.423. The minimum atomic E-state index is -4.22. The van der Waals surface area contributed by atoms with Crippen LogP contribution < -0.4 is 25.7 Å². The Morgan fingerprint density at radius 1 is 1.05 bits per heavy atom. The van der Waals surface area contributed by atoms with Gasteiger partial charge in [-0.05, 0) is 59.0 Å². The maximum atomic E-state index is 13.8. The highest BCUT2D eigenvalue weighted by atomic mass is 32.2. The van der Waals surface area contributed by atoms with Crippen molar-refractivity contribution >= 4 is 38.6 Å². The SMILES string of the molecule is COc1cc2ccc(S(=O)(=O)NC(CCCN=C(N)N)C(=O)N3Cc4ccccc4CC3C(=O)O)cc2cc1OC. The molecule has 0 saturated heterocycles. The van der Waals surface area contributed by atoms with E-state index in [1.807, 2.05) is 24.3 Å². The Labute approximate surface area is 238 Å². The van der Waals surface area contributed by atoms with Crippen LogP contribution in [0.25, 0.3) is 10.8 Å². The second kappa shape index (κ2) is 12.4. The third-order valence-corrected chi connectivity index (χ3v) is 8.45. The van der Waals surface area contributed by atoms with Crippen LogP contribution >= 0.6 is 0 Å². The van der Waals surface area contributed by atoms with Gasteiger partial charge >= 0.3 is 5.97 Å². The number of methoxy groups -OCH3 is 2. The fourth-order valence-electron chi connectivity index (χ4n) is 4.89. The van der Waals surface area contributed by atoms with Gasteiger partial charge in [-0.15, -0.1) is 0 Å². The van der Waals surface area contributed by atoms with Crippen molar-refractivity contribution < 1.29 is 32.6 Å². The van der Waals surface area contributed by atoms with Gasteiger partial charge in [0.1, 0.15) is 12.1 Å². The smallest absolute Gasteiger partial charge is 0.326 e. The van der Waals surface area contributed by atoms with E-state index in [-0.39, 0.29) is 43.2 Å². The number of nitrogens with one attached hydrogen (secondary N) is 1. The van der Waals surface area contributed by atoms with Crippen LogP contribution in [0.5, 0.6) is 11.5 Å². The highest BCUT2D eigenvalue weighted by Gasteiger charge is 2.38. The lowest BCUT2D eigenvalue weighted by atomic mass is 9.93. The van der Waals surface area contributed by atoms with Crippen LogP contribution in [-0.4, -0.2) is 69.1 Å². The second-order valence-electron chi connectivity index (χ2n) is 9.63.